The molecule has 2 saturated heterocycles. The quantitative estimate of drug-likeness (QED) is 0.155. The first-order valence-corrected chi connectivity index (χ1v) is 12.4. The smallest absolute Gasteiger partial charge is 0.229 e. The summed E-state index contributed by atoms with van der Waals surface area (Å²) in [6, 6.07) is 6.46. The minimum atomic E-state index is -1.97. The zero-order valence-electron chi connectivity index (χ0n) is 21.0. The zero-order valence-corrected chi connectivity index (χ0v) is 21.0. The molecule has 0 amide bonds. The highest BCUT2D eigenvalue weighted by molar-refractivity contribution is 5.93. The van der Waals surface area contributed by atoms with Crippen LogP contribution in [0.3, 0.4) is 0 Å². The summed E-state index contributed by atoms with van der Waals surface area (Å²) in [6.07, 6.45) is -15.7. The van der Waals surface area contributed by atoms with Gasteiger partial charge >= 0.3 is 0 Å². The van der Waals surface area contributed by atoms with Crippen molar-refractivity contribution < 1.29 is 69.7 Å². The fourth-order valence-electron chi connectivity index (χ4n) is 4.85. The second-order valence-corrected chi connectivity index (χ2v) is 9.78. The molecule has 1 aromatic heterocycles. The maximum atomic E-state index is 13.3. The molecule has 41 heavy (non-hydrogen) atoms. The van der Waals surface area contributed by atoms with Gasteiger partial charge in [0.1, 0.15) is 65.7 Å². The van der Waals surface area contributed by atoms with Crippen LogP contribution < -0.4 is 10.2 Å². The lowest BCUT2D eigenvalue weighted by atomic mass is 9.92. The Morgan fingerprint density at radius 2 is 1.54 bits per heavy atom. The first-order valence-electron chi connectivity index (χ1n) is 12.4. The second kappa shape index (κ2) is 11.1. The minimum Gasteiger partial charge on any atom is -0.508 e. The summed E-state index contributed by atoms with van der Waals surface area (Å²) < 4.78 is 22.1. The van der Waals surface area contributed by atoms with Gasteiger partial charge in [-0.3, -0.25) is 4.79 Å². The predicted molar refractivity (Wildman–Crippen MR) is 134 cm³/mol. The molecular formula is C26H28O15. The lowest BCUT2D eigenvalue weighted by molar-refractivity contribution is -0.277. The molecule has 0 saturated carbocycles. The summed E-state index contributed by atoms with van der Waals surface area (Å²) in [5, 5.41) is 102. The summed E-state index contributed by atoms with van der Waals surface area (Å²) in [7, 11) is 0. The topological polar surface area (TPSA) is 260 Å². The number of ether oxygens (including phenoxy) is 3. The monoisotopic (exact) mass is 580 g/mol. The van der Waals surface area contributed by atoms with Gasteiger partial charge in [-0.1, -0.05) is 0 Å². The van der Waals surface area contributed by atoms with E-state index in [0.29, 0.717) is 5.56 Å². The summed E-state index contributed by atoms with van der Waals surface area (Å²) in [4.78, 5) is 13.3. The van der Waals surface area contributed by atoms with Crippen molar-refractivity contribution in [3.63, 3.8) is 0 Å². The average molecular weight is 580 g/mol. The number of phenolic OH excluding ortho intramolecular Hbond substituents is 3. The number of fused-ring (bicyclic) bond motifs is 1. The Morgan fingerprint density at radius 1 is 0.854 bits per heavy atom. The van der Waals surface area contributed by atoms with Gasteiger partial charge in [-0.15, -0.1) is 0 Å². The number of aliphatic hydroxyl groups excluding tert-OH is 7. The molecular weight excluding hydrogens is 552 g/mol. The lowest BCUT2D eigenvalue weighted by Crippen LogP contribution is -2.60. The third-order valence-corrected chi connectivity index (χ3v) is 7.13. The van der Waals surface area contributed by atoms with Crippen molar-refractivity contribution in [1.29, 1.82) is 0 Å². The van der Waals surface area contributed by atoms with Gasteiger partial charge in [-0.05, 0) is 24.3 Å². The Bertz CT molecular complexity index is 1470. The molecule has 2 fully saturated rings. The van der Waals surface area contributed by atoms with Crippen molar-refractivity contribution >= 4 is 11.0 Å². The van der Waals surface area contributed by atoms with E-state index in [0.717, 1.165) is 6.07 Å². The van der Waals surface area contributed by atoms with Crippen LogP contribution in [-0.4, -0.2) is 113 Å². The van der Waals surface area contributed by atoms with Crippen LogP contribution in [0.15, 0.2) is 39.5 Å². The van der Waals surface area contributed by atoms with Gasteiger partial charge in [0, 0.05) is 11.6 Å². The third kappa shape index (κ3) is 4.97. The molecule has 2 aliphatic heterocycles. The molecule has 3 aromatic rings. The summed E-state index contributed by atoms with van der Waals surface area (Å²) >= 11 is 0. The highest BCUT2D eigenvalue weighted by Crippen LogP contribution is 2.50. The van der Waals surface area contributed by atoms with Crippen LogP contribution in [0.5, 0.6) is 23.0 Å². The molecule has 222 valence electrons. The van der Waals surface area contributed by atoms with Crippen LogP contribution in [0.25, 0.3) is 22.3 Å². The predicted octanol–water partition coefficient (Wildman–Crippen LogP) is -2.09. The Hall–Kier alpha value is -3.51. The van der Waals surface area contributed by atoms with E-state index in [1.54, 1.807) is 0 Å². The normalized spacial score (nSPS) is 32.2. The molecule has 2 aliphatic rings. The van der Waals surface area contributed by atoms with Crippen molar-refractivity contribution in [3.05, 3.63) is 46.1 Å². The van der Waals surface area contributed by atoms with Gasteiger partial charge < -0.3 is 69.7 Å². The van der Waals surface area contributed by atoms with Crippen LogP contribution >= 0.6 is 0 Å². The first kappa shape index (κ1) is 29.0. The van der Waals surface area contributed by atoms with Gasteiger partial charge in [0.25, 0.3) is 0 Å². The Labute approximate surface area is 229 Å². The average Bonchev–Trinajstić information content (AvgIpc) is 2.95. The van der Waals surface area contributed by atoms with Crippen LogP contribution in [-0.2, 0) is 9.47 Å². The molecule has 0 aliphatic carbocycles. The van der Waals surface area contributed by atoms with E-state index in [-0.39, 0.29) is 11.5 Å². The van der Waals surface area contributed by atoms with E-state index in [1.165, 1.54) is 24.3 Å². The number of phenols is 3. The first-order chi connectivity index (χ1) is 19.4. The van der Waals surface area contributed by atoms with E-state index in [1.807, 2.05) is 0 Å². The zero-order chi connectivity index (χ0) is 29.7. The maximum Gasteiger partial charge on any atom is 0.229 e. The lowest BCUT2D eigenvalue weighted by Gasteiger charge is -2.40. The molecule has 9 atom stereocenters. The largest absolute Gasteiger partial charge is 0.508 e. The van der Waals surface area contributed by atoms with E-state index >= 15 is 0 Å². The maximum absolute atomic E-state index is 13.3. The third-order valence-electron chi connectivity index (χ3n) is 7.13. The standard InChI is InChI=1S/C26H28O15/c27-6-13-17(32)20(35)22(37)26(40-13)41-25-18(33)14-10(29)5-12(8-1-3-9(28)4-2-8)39-23(14)15(19(25)34)24-21(36)16(31)11(30)7-38-24/h1-5,11,13,16-17,20-22,24,26-28,30-37H,6-7H2/t11-,13+,16+,17-,20+,21+,22+,24-,26-/m0/s1. The fraction of sp³-hybridized carbons (Fsp3) is 0.423. The Balaban J connectivity index is 1.71. The van der Waals surface area contributed by atoms with Crippen molar-refractivity contribution in [3.8, 4) is 34.3 Å². The van der Waals surface area contributed by atoms with Gasteiger partial charge in [-0.25, -0.2) is 0 Å². The summed E-state index contributed by atoms with van der Waals surface area (Å²) in [5.41, 5.74) is -1.57. The van der Waals surface area contributed by atoms with Gasteiger partial charge in [0.05, 0.1) is 18.8 Å². The SMILES string of the molecule is O=c1cc(-c2ccc(O)cc2)oc2c([C@@H]3OC[C@H](O)[C@@H](O)[C@H]3O)c(O)c(O[C@@H]3O[C@H](CO)[C@H](O)[C@@H](O)[C@H]3O)c(O)c12. The number of aliphatic hydroxyl groups is 7. The van der Waals surface area contributed by atoms with Gasteiger partial charge in [0.15, 0.2) is 22.5 Å². The Kier molecular flexibility index (Phi) is 7.82. The number of rotatable bonds is 5. The molecule has 0 bridgehead atoms. The molecule has 0 unspecified atom stereocenters. The van der Waals surface area contributed by atoms with E-state index in [2.05, 4.69) is 0 Å². The number of aromatic hydroxyl groups is 3. The molecule has 2 aromatic carbocycles. The van der Waals surface area contributed by atoms with E-state index in [9.17, 15) is 55.9 Å². The van der Waals surface area contributed by atoms with E-state index < -0.39 is 108 Å². The van der Waals surface area contributed by atoms with Crippen LogP contribution in [0.1, 0.15) is 11.7 Å². The fourth-order valence-corrected chi connectivity index (χ4v) is 4.85. The molecule has 0 spiro atoms. The van der Waals surface area contributed by atoms with Crippen LogP contribution in [0.4, 0.5) is 0 Å². The molecule has 15 nitrogen and oxygen atoms in total. The van der Waals surface area contributed by atoms with Crippen molar-refractivity contribution in [2.24, 2.45) is 0 Å². The molecule has 15 heteroatoms. The summed E-state index contributed by atoms with van der Waals surface area (Å²) in [5.74, 6) is -3.05. The summed E-state index contributed by atoms with van der Waals surface area (Å²) in [6.45, 7) is -1.33. The minimum absolute atomic E-state index is 0.0749. The molecule has 10 N–H and O–H groups in total. The number of hydrogen-bond donors (Lipinski definition) is 10. The number of benzene rings is 2. The van der Waals surface area contributed by atoms with Crippen LogP contribution in [0.2, 0.25) is 0 Å². The Morgan fingerprint density at radius 3 is 2.20 bits per heavy atom. The molecule has 0 radical (unpaired) electrons. The molecule has 3 heterocycles. The molecule has 5 rings (SSSR count). The van der Waals surface area contributed by atoms with Crippen molar-refractivity contribution in [2.45, 2.75) is 55.1 Å². The second-order valence-electron chi connectivity index (χ2n) is 9.78. The highest BCUT2D eigenvalue weighted by Gasteiger charge is 2.47. The van der Waals surface area contributed by atoms with Gasteiger partial charge in [0.2, 0.25) is 12.0 Å². The highest BCUT2D eigenvalue weighted by atomic mass is 16.7. The van der Waals surface area contributed by atoms with Crippen LogP contribution in [0, 0.1) is 0 Å². The van der Waals surface area contributed by atoms with E-state index in [4.69, 9.17) is 18.6 Å². The van der Waals surface area contributed by atoms with Gasteiger partial charge in [-0.2, -0.15) is 0 Å². The number of hydrogen-bond acceptors (Lipinski definition) is 15. The van der Waals surface area contributed by atoms with Crippen molar-refractivity contribution in [1.82, 2.24) is 0 Å². The van der Waals surface area contributed by atoms with Crippen molar-refractivity contribution in [2.75, 3.05) is 13.2 Å².